The fourth-order valence-electron chi connectivity index (χ4n) is 3.94. The molecule has 4 nitrogen and oxygen atoms in total. The molecule has 0 aromatic heterocycles. The van der Waals surface area contributed by atoms with E-state index < -0.39 is 0 Å². The molecule has 2 fully saturated rings. The van der Waals surface area contributed by atoms with Crippen LogP contribution in [0.1, 0.15) is 54.9 Å². The number of fused-ring (bicyclic) bond motifs is 1. The fraction of sp³-hybridized carbons (Fsp3) is 0.737. The van der Waals surface area contributed by atoms with Gasteiger partial charge in [0.25, 0.3) is 0 Å². The number of rotatable bonds is 2. The first-order chi connectivity index (χ1) is 11.0. The van der Waals surface area contributed by atoms with Gasteiger partial charge in [-0.2, -0.15) is 0 Å². The van der Waals surface area contributed by atoms with Crippen LogP contribution < -0.4 is 0 Å². The molecule has 0 unspecified atom stereocenters. The largest absolute Gasteiger partial charge is 0.490 e. The second-order valence-corrected chi connectivity index (χ2v) is 8.65. The summed E-state index contributed by atoms with van der Waals surface area (Å²) in [5, 5.41) is 0. The van der Waals surface area contributed by atoms with Crippen LogP contribution in [0.5, 0.6) is 0 Å². The van der Waals surface area contributed by atoms with Crippen LogP contribution in [-0.2, 0) is 18.8 Å². The molecular formula is C19H29BO4. The van der Waals surface area contributed by atoms with Crippen LogP contribution >= 0.6 is 0 Å². The molecule has 0 spiro atoms. The zero-order valence-electron chi connectivity index (χ0n) is 15.9. The van der Waals surface area contributed by atoms with Crippen molar-refractivity contribution in [1.29, 1.82) is 0 Å². The molecule has 2 heterocycles. The van der Waals surface area contributed by atoms with Gasteiger partial charge in [0.15, 0.2) is 5.78 Å². The highest BCUT2D eigenvalue weighted by Crippen LogP contribution is 2.49. The third-order valence-corrected chi connectivity index (χ3v) is 6.39. The van der Waals surface area contributed by atoms with Gasteiger partial charge in [-0.05, 0) is 63.7 Å². The summed E-state index contributed by atoms with van der Waals surface area (Å²) in [6.07, 6.45) is 4.16. The number of allylic oxidation sites excluding steroid dienone is 2. The van der Waals surface area contributed by atoms with Gasteiger partial charge in [-0.3, -0.25) is 4.79 Å². The average molecular weight is 332 g/mol. The van der Waals surface area contributed by atoms with Crippen LogP contribution in [0.25, 0.3) is 0 Å². The predicted molar refractivity (Wildman–Crippen MR) is 94.6 cm³/mol. The topological polar surface area (TPSA) is 44.8 Å². The third kappa shape index (κ3) is 2.52. The first-order valence-electron chi connectivity index (χ1n) is 8.91. The molecule has 24 heavy (non-hydrogen) atoms. The van der Waals surface area contributed by atoms with E-state index in [1.807, 2.05) is 6.08 Å². The number of carbonyl (C=O) groups excluding carboxylic acids is 1. The molecule has 3 aliphatic rings. The normalized spacial score (nSPS) is 36.4. The van der Waals surface area contributed by atoms with Crippen molar-refractivity contribution >= 4 is 12.9 Å². The van der Waals surface area contributed by atoms with Crippen molar-refractivity contribution in [2.75, 3.05) is 6.61 Å². The van der Waals surface area contributed by atoms with Crippen molar-refractivity contribution in [3.8, 4) is 0 Å². The zero-order chi connectivity index (χ0) is 17.9. The monoisotopic (exact) mass is 332 g/mol. The molecule has 1 aliphatic carbocycles. The molecular weight excluding hydrogens is 303 g/mol. The fourth-order valence-corrected chi connectivity index (χ4v) is 3.94. The Bertz CT molecular complexity index is 601. The van der Waals surface area contributed by atoms with Gasteiger partial charge in [0.1, 0.15) is 0 Å². The molecule has 2 atom stereocenters. The lowest BCUT2D eigenvalue weighted by molar-refractivity contribution is -0.118. The van der Waals surface area contributed by atoms with Gasteiger partial charge in [0.05, 0.1) is 23.4 Å². The second kappa shape index (κ2) is 5.55. The van der Waals surface area contributed by atoms with Crippen molar-refractivity contribution < 1.29 is 18.8 Å². The van der Waals surface area contributed by atoms with E-state index in [1.165, 1.54) is 5.57 Å². The lowest BCUT2D eigenvalue weighted by atomic mass is 9.66. The van der Waals surface area contributed by atoms with E-state index in [9.17, 15) is 4.79 Å². The Morgan fingerprint density at radius 1 is 1.21 bits per heavy atom. The number of ether oxygens (including phenoxy) is 1. The number of ketones is 1. The zero-order valence-corrected chi connectivity index (χ0v) is 15.9. The molecule has 2 saturated heterocycles. The molecule has 0 bridgehead atoms. The van der Waals surface area contributed by atoms with Crippen LogP contribution in [0.15, 0.2) is 23.2 Å². The van der Waals surface area contributed by atoms with Gasteiger partial charge in [-0.25, -0.2) is 0 Å². The van der Waals surface area contributed by atoms with Gasteiger partial charge in [-0.15, -0.1) is 0 Å². The van der Waals surface area contributed by atoms with Crippen molar-refractivity contribution in [2.45, 2.75) is 71.7 Å². The Hall–Kier alpha value is -0.905. The maximum Gasteiger partial charge on any atom is 0.490 e. The molecule has 0 radical (unpaired) electrons. The molecule has 5 heteroatoms. The summed E-state index contributed by atoms with van der Waals surface area (Å²) in [4.78, 5) is 12.0. The van der Waals surface area contributed by atoms with Gasteiger partial charge >= 0.3 is 7.12 Å². The lowest BCUT2D eigenvalue weighted by Gasteiger charge is -2.37. The number of carbonyl (C=O) groups is 1. The molecule has 0 N–H and O–H groups in total. The molecule has 3 rings (SSSR count). The molecule has 0 saturated carbocycles. The summed E-state index contributed by atoms with van der Waals surface area (Å²) in [6.45, 7) is 15.1. The van der Waals surface area contributed by atoms with Gasteiger partial charge in [0, 0.05) is 12.3 Å². The average Bonchev–Trinajstić information content (AvgIpc) is 2.94. The van der Waals surface area contributed by atoms with Crippen molar-refractivity contribution in [3.63, 3.8) is 0 Å². The van der Waals surface area contributed by atoms with E-state index in [-0.39, 0.29) is 35.6 Å². The van der Waals surface area contributed by atoms with E-state index in [2.05, 4.69) is 48.5 Å². The Morgan fingerprint density at radius 3 is 2.33 bits per heavy atom. The molecule has 0 amide bonds. The standard InChI is InChI=1S/C19H29BO4/c1-12(2)19-9-8-14(21)10-16(19)15(11-22-19)13(3)20-23-17(4,5)18(6,7)24-20/h8-9,12,16H,10-11H2,1-7H3/b15-13-/t16-,19+/m0/s1. The summed E-state index contributed by atoms with van der Waals surface area (Å²) >= 11 is 0. The molecule has 0 aromatic carbocycles. The third-order valence-electron chi connectivity index (χ3n) is 6.39. The van der Waals surface area contributed by atoms with E-state index in [0.29, 0.717) is 18.9 Å². The van der Waals surface area contributed by atoms with Gasteiger partial charge < -0.3 is 14.0 Å². The smallest absolute Gasteiger partial charge is 0.400 e. The molecule has 0 aromatic rings. The summed E-state index contributed by atoms with van der Waals surface area (Å²) in [6, 6.07) is 0. The summed E-state index contributed by atoms with van der Waals surface area (Å²) < 4.78 is 18.6. The summed E-state index contributed by atoms with van der Waals surface area (Å²) in [5.41, 5.74) is 1.12. The van der Waals surface area contributed by atoms with Crippen molar-refractivity contribution in [1.82, 2.24) is 0 Å². The van der Waals surface area contributed by atoms with Gasteiger partial charge in [-0.1, -0.05) is 13.8 Å². The van der Waals surface area contributed by atoms with E-state index in [4.69, 9.17) is 14.0 Å². The molecule has 132 valence electrons. The molecule has 2 aliphatic heterocycles. The van der Waals surface area contributed by atoms with Crippen LogP contribution in [0.4, 0.5) is 0 Å². The Labute approximate surface area is 145 Å². The number of hydrogen-bond donors (Lipinski definition) is 0. The summed E-state index contributed by atoms with van der Waals surface area (Å²) in [5.74, 6) is 0.547. The van der Waals surface area contributed by atoms with E-state index >= 15 is 0 Å². The van der Waals surface area contributed by atoms with Crippen molar-refractivity contribution in [2.24, 2.45) is 11.8 Å². The van der Waals surface area contributed by atoms with Gasteiger partial charge in [0.2, 0.25) is 0 Å². The predicted octanol–water partition coefficient (Wildman–Crippen LogP) is 3.50. The van der Waals surface area contributed by atoms with E-state index in [0.717, 1.165) is 5.47 Å². The highest BCUT2D eigenvalue weighted by molar-refractivity contribution is 6.54. The van der Waals surface area contributed by atoms with Crippen LogP contribution in [0.3, 0.4) is 0 Å². The highest BCUT2D eigenvalue weighted by atomic mass is 16.7. The Kier molecular flexibility index (Phi) is 4.14. The first-order valence-corrected chi connectivity index (χ1v) is 8.91. The quantitative estimate of drug-likeness (QED) is 0.726. The lowest BCUT2D eigenvalue weighted by Crippen LogP contribution is -2.42. The second-order valence-electron chi connectivity index (χ2n) is 8.65. The minimum Gasteiger partial charge on any atom is -0.400 e. The summed E-state index contributed by atoms with van der Waals surface area (Å²) in [7, 11) is -0.377. The number of hydrogen-bond acceptors (Lipinski definition) is 4. The Morgan fingerprint density at radius 2 is 1.79 bits per heavy atom. The minimum atomic E-state index is -0.381. The maximum absolute atomic E-state index is 12.0. The van der Waals surface area contributed by atoms with E-state index in [1.54, 1.807) is 6.08 Å². The SMILES string of the molecule is C/C(B1OC(C)(C)C(C)(C)O1)=C1\CO[C@@]2(C(C)C)C=CC(=O)C[C@@H]12. The Balaban J connectivity index is 1.96. The van der Waals surface area contributed by atoms with Crippen LogP contribution in [-0.4, -0.2) is 36.3 Å². The minimum absolute atomic E-state index is 0.0778. The van der Waals surface area contributed by atoms with Crippen LogP contribution in [0.2, 0.25) is 0 Å². The maximum atomic E-state index is 12.0. The first kappa shape index (κ1) is 17.9. The van der Waals surface area contributed by atoms with Crippen molar-refractivity contribution in [3.05, 3.63) is 23.2 Å². The van der Waals surface area contributed by atoms with Crippen LogP contribution in [0, 0.1) is 11.8 Å². The highest BCUT2D eigenvalue weighted by Gasteiger charge is 2.55.